The number of aliphatic imine (C=N–C) groups is 1. The number of fused-ring (bicyclic) bond motifs is 1. The Kier molecular flexibility index (Phi) is 3.86. The Balaban J connectivity index is 1.93. The average Bonchev–Trinajstić information content (AvgIpc) is 2.84. The molecule has 3 rings (SSSR count). The molecule has 4 heteroatoms. The number of halogens is 1. The highest BCUT2D eigenvalue weighted by Crippen LogP contribution is 2.39. The van der Waals surface area contributed by atoms with Crippen LogP contribution in [0.3, 0.4) is 0 Å². The van der Waals surface area contributed by atoms with Gasteiger partial charge in [-0.25, -0.2) is 4.99 Å². The van der Waals surface area contributed by atoms with Crippen LogP contribution >= 0.6 is 22.9 Å². The summed E-state index contributed by atoms with van der Waals surface area (Å²) in [5, 5.41) is 10.9. The fourth-order valence-corrected chi connectivity index (χ4v) is 3.75. The summed E-state index contributed by atoms with van der Waals surface area (Å²) < 4.78 is 0. The number of hydrogen-bond acceptors (Lipinski definition) is 3. The van der Waals surface area contributed by atoms with Crippen molar-refractivity contribution < 1.29 is 0 Å². The van der Waals surface area contributed by atoms with Gasteiger partial charge < -0.3 is 0 Å². The number of nitriles is 1. The molecule has 2 nitrogen and oxygen atoms in total. The van der Waals surface area contributed by atoms with Crippen molar-refractivity contribution in [3.05, 3.63) is 50.9 Å². The summed E-state index contributed by atoms with van der Waals surface area (Å²) in [6.45, 7) is 0. The second-order valence-corrected chi connectivity index (χ2v) is 6.33. The second-order valence-electron chi connectivity index (χ2n) is 4.81. The maximum atomic E-state index is 9.36. The first-order valence-electron chi connectivity index (χ1n) is 6.62. The normalized spacial score (nSPS) is 14.2. The molecule has 1 aliphatic rings. The van der Waals surface area contributed by atoms with Crippen LogP contribution in [0.4, 0.5) is 5.00 Å². The predicted molar refractivity (Wildman–Crippen MR) is 84.4 cm³/mol. The molecule has 1 heterocycles. The van der Waals surface area contributed by atoms with Crippen molar-refractivity contribution in [1.29, 1.82) is 5.26 Å². The molecule has 0 saturated carbocycles. The van der Waals surface area contributed by atoms with Gasteiger partial charge in [0, 0.05) is 16.1 Å². The molecule has 0 radical (unpaired) electrons. The fraction of sp³-hybridized carbons (Fsp3) is 0.250. The van der Waals surface area contributed by atoms with Gasteiger partial charge >= 0.3 is 0 Å². The molecule has 0 unspecified atom stereocenters. The zero-order chi connectivity index (χ0) is 13.9. The van der Waals surface area contributed by atoms with Crippen LogP contribution in [0, 0.1) is 11.3 Å². The van der Waals surface area contributed by atoms with E-state index in [4.69, 9.17) is 11.6 Å². The minimum atomic E-state index is 0.714. The number of nitrogens with zero attached hydrogens (tertiary/aromatic N) is 2. The lowest BCUT2D eigenvalue weighted by molar-refractivity contribution is 0.696. The van der Waals surface area contributed by atoms with Crippen molar-refractivity contribution in [2.75, 3.05) is 0 Å². The SMILES string of the molecule is N#Cc1c(/N=C/c2ccc(Cl)cc2)sc2c1CCCC2. The largest absolute Gasteiger partial charge is 0.244 e. The van der Waals surface area contributed by atoms with Crippen LogP contribution < -0.4 is 0 Å². The zero-order valence-electron chi connectivity index (χ0n) is 10.9. The van der Waals surface area contributed by atoms with Gasteiger partial charge in [-0.2, -0.15) is 5.26 Å². The van der Waals surface area contributed by atoms with Crippen molar-refractivity contribution in [2.24, 2.45) is 4.99 Å². The topological polar surface area (TPSA) is 36.1 Å². The minimum Gasteiger partial charge on any atom is -0.244 e. The predicted octanol–water partition coefficient (Wildman–Crippen LogP) is 4.90. The van der Waals surface area contributed by atoms with E-state index in [0.29, 0.717) is 5.02 Å². The summed E-state index contributed by atoms with van der Waals surface area (Å²) >= 11 is 7.52. The Morgan fingerprint density at radius 3 is 2.70 bits per heavy atom. The van der Waals surface area contributed by atoms with E-state index in [1.54, 1.807) is 17.6 Å². The highest BCUT2D eigenvalue weighted by atomic mass is 35.5. The maximum absolute atomic E-state index is 9.36. The molecule has 0 atom stereocenters. The van der Waals surface area contributed by atoms with Crippen LogP contribution in [0.5, 0.6) is 0 Å². The van der Waals surface area contributed by atoms with Gasteiger partial charge in [-0.1, -0.05) is 23.7 Å². The summed E-state index contributed by atoms with van der Waals surface area (Å²) in [5.41, 5.74) is 2.99. The van der Waals surface area contributed by atoms with E-state index in [0.717, 1.165) is 29.0 Å². The Labute approximate surface area is 127 Å². The van der Waals surface area contributed by atoms with E-state index in [9.17, 15) is 5.26 Å². The highest BCUT2D eigenvalue weighted by Gasteiger charge is 2.19. The molecule has 20 heavy (non-hydrogen) atoms. The molecular weight excluding hydrogens is 288 g/mol. The lowest BCUT2D eigenvalue weighted by Crippen LogP contribution is -1.99. The van der Waals surface area contributed by atoms with E-state index >= 15 is 0 Å². The monoisotopic (exact) mass is 300 g/mol. The Morgan fingerprint density at radius 2 is 1.95 bits per heavy atom. The van der Waals surface area contributed by atoms with Crippen molar-refractivity contribution in [3.63, 3.8) is 0 Å². The summed E-state index contributed by atoms with van der Waals surface area (Å²) in [5.74, 6) is 0. The molecule has 100 valence electrons. The van der Waals surface area contributed by atoms with Crippen LogP contribution in [-0.4, -0.2) is 6.21 Å². The fourth-order valence-electron chi connectivity index (χ4n) is 2.44. The number of thiophene rings is 1. The minimum absolute atomic E-state index is 0.714. The van der Waals surface area contributed by atoms with E-state index in [-0.39, 0.29) is 0 Å². The summed E-state index contributed by atoms with van der Waals surface area (Å²) in [7, 11) is 0. The van der Waals surface area contributed by atoms with Gasteiger partial charge in [-0.05, 0) is 48.9 Å². The van der Waals surface area contributed by atoms with Crippen LogP contribution in [0.25, 0.3) is 0 Å². The van der Waals surface area contributed by atoms with E-state index in [1.165, 1.54) is 23.3 Å². The van der Waals surface area contributed by atoms with Gasteiger partial charge in [0.2, 0.25) is 0 Å². The van der Waals surface area contributed by atoms with E-state index < -0.39 is 0 Å². The Morgan fingerprint density at radius 1 is 1.20 bits per heavy atom. The number of hydrogen-bond donors (Lipinski definition) is 0. The molecule has 0 spiro atoms. The molecule has 0 N–H and O–H groups in total. The number of benzene rings is 1. The molecule has 2 aromatic rings. The van der Waals surface area contributed by atoms with Gasteiger partial charge in [-0.15, -0.1) is 11.3 Å². The van der Waals surface area contributed by atoms with Crippen molar-refractivity contribution >= 4 is 34.2 Å². The summed E-state index contributed by atoms with van der Waals surface area (Å²) in [6.07, 6.45) is 6.31. The Hall–Kier alpha value is -1.63. The lowest BCUT2D eigenvalue weighted by Gasteiger charge is -2.09. The third-order valence-corrected chi connectivity index (χ3v) is 4.92. The van der Waals surface area contributed by atoms with Crippen LogP contribution in [0.2, 0.25) is 5.02 Å². The van der Waals surface area contributed by atoms with Crippen LogP contribution in [-0.2, 0) is 12.8 Å². The third-order valence-electron chi connectivity index (χ3n) is 3.47. The van der Waals surface area contributed by atoms with Crippen molar-refractivity contribution in [1.82, 2.24) is 0 Å². The molecule has 0 saturated heterocycles. The van der Waals surface area contributed by atoms with Crippen LogP contribution in [0.1, 0.15) is 34.4 Å². The standard InChI is InChI=1S/C16H13ClN2S/c17-12-7-5-11(6-8-12)10-19-16-14(9-18)13-3-1-2-4-15(13)20-16/h5-8,10H,1-4H2/b19-10+. The molecule has 0 amide bonds. The lowest BCUT2D eigenvalue weighted by atomic mass is 9.96. The average molecular weight is 301 g/mol. The van der Waals surface area contributed by atoms with Crippen molar-refractivity contribution in [3.8, 4) is 6.07 Å². The van der Waals surface area contributed by atoms with Gasteiger partial charge in [0.05, 0.1) is 5.56 Å². The molecule has 1 aromatic heterocycles. The summed E-state index contributed by atoms with van der Waals surface area (Å²) in [4.78, 5) is 5.85. The van der Waals surface area contributed by atoms with Gasteiger partial charge in [-0.3, -0.25) is 0 Å². The number of rotatable bonds is 2. The molecular formula is C16H13ClN2S. The first-order valence-corrected chi connectivity index (χ1v) is 7.81. The maximum Gasteiger partial charge on any atom is 0.134 e. The zero-order valence-corrected chi connectivity index (χ0v) is 12.5. The molecule has 0 fully saturated rings. The summed E-state index contributed by atoms with van der Waals surface area (Å²) in [6, 6.07) is 9.85. The van der Waals surface area contributed by atoms with E-state index in [1.807, 2.05) is 24.3 Å². The van der Waals surface area contributed by atoms with Gasteiger partial charge in [0.25, 0.3) is 0 Å². The van der Waals surface area contributed by atoms with Crippen molar-refractivity contribution in [2.45, 2.75) is 25.7 Å². The third kappa shape index (κ3) is 2.63. The molecule has 1 aromatic carbocycles. The van der Waals surface area contributed by atoms with E-state index in [2.05, 4.69) is 11.1 Å². The molecule has 0 aliphatic heterocycles. The smallest absolute Gasteiger partial charge is 0.134 e. The quantitative estimate of drug-likeness (QED) is 0.726. The van der Waals surface area contributed by atoms with Crippen LogP contribution in [0.15, 0.2) is 29.3 Å². The first kappa shape index (κ1) is 13.4. The molecule has 0 bridgehead atoms. The number of aryl methyl sites for hydroxylation is 1. The molecule has 1 aliphatic carbocycles. The second kappa shape index (κ2) is 5.78. The van der Waals surface area contributed by atoms with Gasteiger partial charge in [0.15, 0.2) is 0 Å². The Bertz CT molecular complexity index is 693. The first-order chi connectivity index (χ1) is 9.78. The highest BCUT2D eigenvalue weighted by molar-refractivity contribution is 7.16. The van der Waals surface area contributed by atoms with Gasteiger partial charge in [0.1, 0.15) is 11.1 Å².